The largest absolute Gasteiger partial charge is 0.330 e. The first kappa shape index (κ1) is 17.4. The maximum absolute atomic E-state index is 13.2. The molecule has 1 fully saturated rings. The highest BCUT2D eigenvalue weighted by molar-refractivity contribution is 5.94. The lowest BCUT2D eigenvalue weighted by molar-refractivity contribution is 0.0642. The van der Waals surface area contributed by atoms with Crippen LogP contribution in [0.5, 0.6) is 0 Å². The van der Waals surface area contributed by atoms with Crippen LogP contribution in [0.15, 0.2) is 47.5 Å². The van der Waals surface area contributed by atoms with Crippen LogP contribution >= 0.6 is 0 Å². The number of aromatic nitrogens is 2. The van der Waals surface area contributed by atoms with E-state index >= 15 is 0 Å². The van der Waals surface area contributed by atoms with Gasteiger partial charge in [-0.25, -0.2) is 0 Å². The minimum Gasteiger partial charge on any atom is -0.330 e. The molecule has 0 saturated carbocycles. The Kier molecular flexibility index (Phi) is 5.60. The summed E-state index contributed by atoms with van der Waals surface area (Å²) < 4.78 is 1.47. The van der Waals surface area contributed by atoms with Gasteiger partial charge in [-0.2, -0.15) is 0 Å². The average molecular weight is 340 g/mol. The molecule has 1 amide bonds. The highest BCUT2D eigenvalue weighted by Crippen LogP contribution is 2.19. The molecule has 6 nitrogen and oxygen atoms in total. The van der Waals surface area contributed by atoms with Crippen molar-refractivity contribution in [1.82, 2.24) is 19.8 Å². The predicted octanol–water partition coefficient (Wildman–Crippen LogP) is 1.56. The molecule has 3 heterocycles. The molecular formula is C19H24N4O2. The number of aryl methyl sites for hydroxylation is 1. The van der Waals surface area contributed by atoms with Crippen molar-refractivity contribution in [2.75, 3.05) is 13.1 Å². The lowest BCUT2D eigenvalue weighted by Gasteiger charge is -2.31. The Morgan fingerprint density at radius 2 is 2.20 bits per heavy atom. The summed E-state index contributed by atoms with van der Waals surface area (Å²) in [4.78, 5) is 31.3. The Hall–Kier alpha value is -2.47. The van der Waals surface area contributed by atoms with E-state index < -0.39 is 0 Å². The molecule has 6 heteroatoms. The topological polar surface area (TPSA) is 67.2 Å². The van der Waals surface area contributed by atoms with Crippen molar-refractivity contribution >= 4 is 5.91 Å². The van der Waals surface area contributed by atoms with Crippen LogP contribution < -0.4 is 10.9 Å². The molecule has 0 radical (unpaired) electrons. The van der Waals surface area contributed by atoms with E-state index in [0.717, 1.165) is 38.0 Å². The van der Waals surface area contributed by atoms with Gasteiger partial charge in [0, 0.05) is 37.1 Å². The molecule has 132 valence electrons. The smallest absolute Gasteiger partial charge is 0.254 e. The third kappa shape index (κ3) is 4.33. The first-order chi connectivity index (χ1) is 12.1. The minimum absolute atomic E-state index is 0.102. The number of hydrogen-bond acceptors (Lipinski definition) is 4. The summed E-state index contributed by atoms with van der Waals surface area (Å²) in [6.07, 6.45) is 6.28. The zero-order valence-corrected chi connectivity index (χ0v) is 14.5. The number of pyridine rings is 2. The van der Waals surface area contributed by atoms with Gasteiger partial charge in [0.25, 0.3) is 11.5 Å². The maximum Gasteiger partial charge on any atom is 0.254 e. The molecule has 1 atom stereocenters. The minimum atomic E-state index is -0.175. The van der Waals surface area contributed by atoms with Gasteiger partial charge in [0.2, 0.25) is 0 Å². The van der Waals surface area contributed by atoms with Crippen LogP contribution in [0.4, 0.5) is 0 Å². The number of nitrogens with one attached hydrogen (secondary N) is 1. The third-order valence-corrected chi connectivity index (χ3v) is 4.66. The van der Waals surface area contributed by atoms with Gasteiger partial charge in [0.15, 0.2) is 0 Å². The summed E-state index contributed by atoms with van der Waals surface area (Å²) in [5, 5.41) is 3.38. The molecule has 1 aliphatic heterocycles. The fourth-order valence-electron chi connectivity index (χ4n) is 3.19. The van der Waals surface area contributed by atoms with Crippen molar-refractivity contribution in [2.24, 2.45) is 7.05 Å². The number of amides is 1. The third-order valence-electron chi connectivity index (χ3n) is 4.66. The van der Waals surface area contributed by atoms with Crippen LogP contribution in [0.3, 0.4) is 0 Å². The van der Waals surface area contributed by atoms with Crippen LogP contribution in [-0.2, 0) is 13.6 Å². The average Bonchev–Trinajstić information content (AvgIpc) is 2.91. The van der Waals surface area contributed by atoms with Gasteiger partial charge >= 0.3 is 0 Å². The van der Waals surface area contributed by atoms with E-state index in [2.05, 4.69) is 10.3 Å². The molecule has 0 bridgehead atoms. The molecule has 0 unspecified atom stereocenters. The predicted molar refractivity (Wildman–Crippen MR) is 96.3 cm³/mol. The van der Waals surface area contributed by atoms with E-state index in [0.29, 0.717) is 12.1 Å². The highest BCUT2D eigenvalue weighted by atomic mass is 16.2. The second kappa shape index (κ2) is 8.07. The van der Waals surface area contributed by atoms with Crippen molar-refractivity contribution in [1.29, 1.82) is 0 Å². The van der Waals surface area contributed by atoms with Gasteiger partial charge < -0.3 is 14.8 Å². The molecule has 0 spiro atoms. The van der Waals surface area contributed by atoms with Crippen LogP contribution in [0.2, 0.25) is 0 Å². The van der Waals surface area contributed by atoms with Crippen LogP contribution in [0.1, 0.15) is 35.3 Å². The number of carbonyl (C=O) groups is 1. The van der Waals surface area contributed by atoms with E-state index in [1.807, 2.05) is 23.1 Å². The lowest BCUT2D eigenvalue weighted by Crippen LogP contribution is -2.41. The number of rotatable bonds is 4. The first-order valence-electron chi connectivity index (χ1n) is 8.73. The first-order valence-corrected chi connectivity index (χ1v) is 8.73. The van der Waals surface area contributed by atoms with Crippen molar-refractivity contribution in [2.45, 2.75) is 31.8 Å². The van der Waals surface area contributed by atoms with Crippen LogP contribution in [0, 0.1) is 0 Å². The van der Waals surface area contributed by atoms with E-state index in [1.54, 1.807) is 25.5 Å². The number of hydrogen-bond donors (Lipinski definition) is 1. The maximum atomic E-state index is 13.2. The van der Waals surface area contributed by atoms with Gasteiger partial charge in [0.1, 0.15) is 0 Å². The molecule has 1 N–H and O–H groups in total. The van der Waals surface area contributed by atoms with Crippen molar-refractivity contribution in [3.8, 4) is 0 Å². The van der Waals surface area contributed by atoms with E-state index in [9.17, 15) is 9.59 Å². The van der Waals surface area contributed by atoms with Crippen molar-refractivity contribution < 1.29 is 4.79 Å². The second-order valence-electron chi connectivity index (χ2n) is 6.45. The van der Waals surface area contributed by atoms with E-state index in [4.69, 9.17) is 0 Å². The Balaban J connectivity index is 1.89. The number of carbonyl (C=O) groups excluding carboxylic acids is 1. The van der Waals surface area contributed by atoms with E-state index in [1.165, 1.54) is 10.6 Å². The normalized spacial score (nSPS) is 17.7. The fraction of sp³-hybridized carbons (Fsp3) is 0.421. The summed E-state index contributed by atoms with van der Waals surface area (Å²) in [6.45, 7) is 2.33. The van der Waals surface area contributed by atoms with Gasteiger partial charge in [0.05, 0.1) is 12.2 Å². The van der Waals surface area contributed by atoms with Crippen LogP contribution in [0.25, 0.3) is 0 Å². The Morgan fingerprint density at radius 1 is 1.32 bits per heavy atom. The highest BCUT2D eigenvalue weighted by Gasteiger charge is 2.26. The summed E-state index contributed by atoms with van der Waals surface area (Å²) >= 11 is 0. The molecule has 2 aromatic heterocycles. The van der Waals surface area contributed by atoms with Crippen molar-refractivity contribution in [3.63, 3.8) is 0 Å². The SMILES string of the molecule is Cn1ccc(C(=O)N(Cc2ccccn2)[C@H]2CCCNCC2)cc1=O. The fourth-order valence-corrected chi connectivity index (χ4v) is 3.19. The Labute approximate surface area is 147 Å². The monoisotopic (exact) mass is 340 g/mol. The van der Waals surface area contributed by atoms with Crippen LogP contribution in [-0.4, -0.2) is 39.5 Å². The van der Waals surface area contributed by atoms with Gasteiger partial charge in [-0.3, -0.25) is 14.6 Å². The molecule has 25 heavy (non-hydrogen) atoms. The van der Waals surface area contributed by atoms with Gasteiger partial charge in [-0.15, -0.1) is 0 Å². The molecule has 2 aromatic rings. The quantitative estimate of drug-likeness (QED) is 0.917. The summed E-state index contributed by atoms with van der Waals surface area (Å²) in [5.74, 6) is -0.102. The summed E-state index contributed by atoms with van der Waals surface area (Å²) in [5.41, 5.74) is 1.12. The Bertz CT molecular complexity index is 764. The second-order valence-corrected chi connectivity index (χ2v) is 6.45. The summed E-state index contributed by atoms with van der Waals surface area (Å²) in [7, 11) is 1.68. The summed E-state index contributed by atoms with van der Waals surface area (Å²) in [6, 6.07) is 9.00. The molecule has 1 saturated heterocycles. The van der Waals surface area contributed by atoms with Gasteiger partial charge in [-0.1, -0.05) is 6.07 Å². The zero-order chi connectivity index (χ0) is 17.6. The lowest BCUT2D eigenvalue weighted by atomic mass is 10.1. The molecule has 1 aliphatic rings. The van der Waals surface area contributed by atoms with E-state index in [-0.39, 0.29) is 17.5 Å². The van der Waals surface area contributed by atoms with Gasteiger partial charge in [-0.05, 0) is 50.6 Å². The van der Waals surface area contributed by atoms with Crippen molar-refractivity contribution in [3.05, 3.63) is 64.3 Å². The molecule has 3 rings (SSSR count). The number of nitrogens with zero attached hydrogens (tertiary/aromatic N) is 3. The Morgan fingerprint density at radius 3 is 2.96 bits per heavy atom. The molecular weight excluding hydrogens is 316 g/mol. The molecule has 0 aliphatic carbocycles. The zero-order valence-electron chi connectivity index (χ0n) is 14.5. The standard InChI is InChI=1S/C19H24N4O2/c1-22-12-8-15(13-18(22)24)19(25)23(14-16-5-2-3-10-21-16)17-6-4-9-20-11-7-17/h2-3,5,8,10,12-13,17,20H,4,6-7,9,11,14H2,1H3/t17-/m0/s1. The molecule has 0 aromatic carbocycles.